The van der Waals surface area contributed by atoms with Gasteiger partial charge in [-0.2, -0.15) is 0 Å². The minimum Gasteiger partial charge on any atom is -0.494 e. The molecule has 1 aromatic carbocycles. The highest BCUT2D eigenvalue weighted by atomic mass is 32.1. The van der Waals surface area contributed by atoms with E-state index in [1.165, 1.54) is 47.9 Å². The number of aryl methyl sites for hydroxylation is 4. The number of hydrogen-bond donors (Lipinski definition) is 0. The fraction of sp³-hybridized carbons (Fsp3) is 0.423. The second-order valence-corrected chi connectivity index (χ2v) is 9.92. The van der Waals surface area contributed by atoms with Gasteiger partial charge in [-0.25, -0.2) is 14.4 Å². The predicted molar refractivity (Wildman–Crippen MR) is 133 cm³/mol. The first-order chi connectivity index (χ1) is 16.6. The third-order valence-corrected chi connectivity index (χ3v) is 7.95. The van der Waals surface area contributed by atoms with Gasteiger partial charge in [0.2, 0.25) is 5.91 Å². The minimum atomic E-state index is -0.352. The van der Waals surface area contributed by atoms with Crippen molar-refractivity contribution in [2.45, 2.75) is 38.5 Å². The zero-order valence-corrected chi connectivity index (χ0v) is 20.3. The summed E-state index contributed by atoms with van der Waals surface area (Å²) in [6.07, 6.45) is 7.27. The van der Waals surface area contributed by atoms with Gasteiger partial charge in [-0.1, -0.05) is 12.6 Å². The smallest absolute Gasteiger partial charge is 0.246 e. The molecule has 34 heavy (non-hydrogen) atoms. The lowest BCUT2D eigenvalue weighted by Gasteiger charge is -2.35. The zero-order chi connectivity index (χ0) is 23.7. The summed E-state index contributed by atoms with van der Waals surface area (Å²) in [7, 11) is 1.47. The lowest BCUT2D eigenvalue weighted by atomic mass is 9.96. The van der Waals surface area contributed by atoms with E-state index in [0.717, 1.165) is 48.0 Å². The molecule has 0 saturated carbocycles. The van der Waals surface area contributed by atoms with E-state index in [4.69, 9.17) is 14.7 Å². The lowest BCUT2D eigenvalue weighted by molar-refractivity contribution is -0.126. The number of fused-ring (bicyclic) bond motifs is 3. The van der Waals surface area contributed by atoms with Gasteiger partial charge in [0, 0.05) is 37.5 Å². The molecule has 3 aromatic rings. The quantitative estimate of drug-likeness (QED) is 0.492. The number of carbonyl (C=O) groups is 1. The van der Waals surface area contributed by atoms with Crippen LogP contribution in [0.25, 0.3) is 10.2 Å². The Balaban J connectivity index is 1.45. The second kappa shape index (κ2) is 9.70. The number of anilines is 1. The van der Waals surface area contributed by atoms with E-state index in [9.17, 15) is 9.18 Å². The molecule has 2 aliphatic rings. The Hall–Kier alpha value is -3.00. The summed E-state index contributed by atoms with van der Waals surface area (Å²) >= 11 is 1.80. The average molecular weight is 481 g/mol. The fourth-order valence-corrected chi connectivity index (χ4v) is 6.19. The summed E-state index contributed by atoms with van der Waals surface area (Å²) in [5.74, 6) is 1.65. The standard InChI is InChI=1S/C26H29FN4O2S/c1-3-23(32)30-12-14-31(15-13-30)25-24-18-6-4-5-7-21(18)34-26(24)29-22(28-25)11-9-17-8-10-20(33-2)19(27)16-17/h3,8,10,16H,1,4-7,9,11-15H2,2H3. The normalized spacial score (nSPS) is 15.9. The van der Waals surface area contributed by atoms with E-state index in [2.05, 4.69) is 11.5 Å². The summed E-state index contributed by atoms with van der Waals surface area (Å²) in [6, 6.07) is 5.08. The van der Waals surface area contributed by atoms with Crippen LogP contribution in [0.4, 0.5) is 10.2 Å². The Morgan fingerprint density at radius 2 is 1.97 bits per heavy atom. The van der Waals surface area contributed by atoms with Gasteiger partial charge >= 0.3 is 0 Å². The molecule has 0 radical (unpaired) electrons. The molecule has 5 rings (SSSR count). The van der Waals surface area contributed by atoms with Crippen LogP contribution in [0, 0.1) is 5.82 Å². The molecule has 1 fully saturated rings. The third kappa shape index (κ3) is 4.39. The highest BCUT2D eigenvalue weighted by Crippen LogP contribution is 2.40. The summed E-state index contributed by atoms with van der Waals surface area (Å²) in [6.45, 7) is 6.40. The number of piperazine rings is 1. The van der Waals surface area contributed by atoms with E-state index in [0.29, 0.717) is 25.9 Å². The molecule has 0 spiro atoms. The number of rotatable bonds is 6. The molecule has 2 aromatic heterocycles. The number of ether oxygens (including phenoxy) is 1. The van der Waals surface area contributed by atoms with Gasteiger partial charge in [0.15, 0.2) is 11.6 Å². The van der Waals surface area contributed by atoms with Crippen LogP contribution in [0.1, 0.15) is 34.7 Å². The first-order valence-electron chi connectivity index (χ1n) is 11.9. The number of methoxy groups -OCH3 is 1. The monoisotopic (exact) mass is 480 g/mol. The third-order valence-electron chi connectivity index (χ3n) is 6.76. The van der Waals surface area contributed by atoms with Crippen molar-refractivity contribution in [2.75, 3.05) is 38.2 Å². The van der Waals surface area contributed by atoms with Crippen LogP contribution < -0.4 is 9.64 Å². The van der Waals surface area contributed by atoms with Crippen molar-refractivity contribution < 1.29 is 13.9 Å². The molecule has 178 valence electrons. The summed E-state index contributed by atoms with van der Waals surface area (Å²) in [5.41, 5.74) is 2.31. The summed E-state index contributed by atoms with van der Waals surface area (Å²) in [5, 5.41) is 1.20. The SMILES string of the molecule is C=CC(=O)N1CCN(c2nc(CCc3ccc(OC)c(F)c3)nc3sc4c(c23)CCCC4)CC1. The van der Waals surface area contributed by atoms with Crippen LogP contribution >= 0.6 is 11.3 Å². The fourth-order valence-electron chi connectivity index (χ4n) is 4.91. The number of benzene rings is 1. The van der Waals surface area contributed by atoms with Gasteiger partial charge in [-0.05, 0) is 61.4 Å². The van der Waals surface area contributed by atoms with E-state index >= 15 is 0 Å². The molecule has 1 aliphatic heterocycles. The maximum atomic E-state index is 14.1. The Bertz CT molecular complexity index is 1230. The van der Waals surface area contributed by atoms with Crippen molar-refractivity contribution in [1.82, 2.24) is 14.9 Å². The number of hydrogen-bond acceptors (Lipinski definition) is 6. The molecule has 0 bridgehead atoms. The molecule has 1 saturated heterocycles. The average Bonchev–Trinajstić information content (AvgIpc) is 3.25. The van der Waals surface area contributed by atoms with Gasteiger partial charge < -0.3 is 14.5 Å². The van der Waals surface area contributed by atoms with Crippen LogP contribution in [-0.4, -0.2) is 54.1 Å². The summed E-state index contributed by atoms with van der Waals surface area (Å²) < 4.78 is 19.2. The van der Waals surface area contributed by atoms with Crippen LogP contribution in [0.5, 0.6) is 5.75 Å². The first-order valence-corrected chi connectivity index (χ1v) is 12.7. The van der Waals surface area contributed by atoms with Crippen molar-refractivity contribution in [3.8, 4) is 5.75 Å². The van der Waals surface area contributed by atoms with Gasteiger partial charge in [-0.3, -0.25) is 4.79 Å². The maximum Gasteiger partial charge on any atom is 0.246 e. The molecule has 0 N–H and O–H groups in total. The van der Waals surface area contributed by atoms with Crippen molar-refractivity contribution >= 4 is 33.3 Å². The number of amides is 1. The second-order valence-electron chi connectivity index (χ2n) is 8.84. The lowest BCUT2D eigenvalue weighted by Crippen LogP contribution is -2.48. The summed E-state index contributed by atoms with van der Waals surface area (Å²) in [4.78, 5) is 28.7. The predicted octanol–water partition coefficient (Wildman–Crippen LogP) is 4.34. The molecule has 8 heteroatoms. The molecular weight excluding hydrogens is 451 g/mol. The molecule has 0 unspecified atom stereocenters. The van der Waals surface area contributed by atoms with E-state index in [1.807, 2.05) is 11.0 Å². The molecule has 6 nitrogen and oxygen atoms in total. The number of carbonyl (C=O) groups excluding carboxylic acids is 1. The zero-order valence-electron chi connectivity index (χ0n) is 19.5. The molecule has 0 atom stereocenters. The maximum absolute atomic E-state index is 14.1. The van der Waals surface area contributed by atoms with Crippen LogP contribution in [0.2, 0.25) is 0 Å². The van der Waals surface area contributed by atoms with Crippen molar-refractivity contribution in [3.05, 3.63) is 58.5 Å². The van der Waals surface area contributed by atoms with E-state index in [-0.39, 0.29) is 17.5 Å². The van der Waals surface area contributed by atoms with Crippen LogP contribution in [-0.2, 0) is 30.5 Å². The highest BCUT2D eigenvalue weighted by Gasteiger charge is 2.27. The number of halogens is 1. The topological polar surface area (TPSA) is 58.6 Å². The van der Waals surface area contributed by atoms with Crippen molar-refractivity contribution in [1.29, 1.82) is 0 Å². The van der Waals surface area contributed by atoms with Gasteiger partial charge in [0.1, 0.15) is 16.5 Å². The highest BCUT2D eigenvalue weighted by molar-refractivity contribution is 7.19. The minimum absolute atomic E-state index is 0.0205. The Morgan fingerprint density at radius 3 is 2.71 bits per heavy atom. The van der Waals surface area contributed by atoms with Gasteiger partial charge in [0.05, 0.1) is 12.5 Å². The Kier molecular flexibility index (Phi) is 6.50. The van der Waals surface area contributed by atoms with Crippen LogP contribution in [0.3, 0.4) is 0 Å². The number of thiophene rings is 1. The molecule has 1 aliphatic carbocycles. The van der Waals surface area contributed by atoms with Gasteiger partial charge in [-0.15, -0.1) is 11.3 Å². The van der Waals surface area contributed by atoms with Crippen molar-refractivity contribution in [3.63, 3.8) is 0 Å². The number of aromatic nitrogens is 2. The Labute approximate surface area is 203 Å². The van der Waals surface area contributed by atoms with Crippen LogP contribution in [0.15, 0.2) is 30.9 Å². The van der Waals surface area contributed by atoms with E-state index < -0.39 is 0 Å². The van der Waals surface area contributed by atoms with Gasteiger partial charge in [0.25, 0.3) is 0 Å². The molecule has 3 heterocycles. The largest absolute Gasteiger partial charge is 0.494 e. The first kappa shape index (κ1) is 22.8. The Morgan fingerprint density at radius 1 is 1.18 bits per heavy atom. The van der Waals surface area contributed by atoms with E-state index in [1.54, 1.807) is 17.4 Å². The number of nitrogens with zero attached hydrogens (tertiary/aromatic N) is 4. The molecule has 1 amide bonds. The van der Waals surface area contributed by atoms with Crippen molar-refractivity contribution in [2.24, 2.45) is 0 Å². The molecular formula is C26H29FN4O2S.